The van der Waals surface area contributed by atoms with Crippen LogP contribution in [-0.2, 0) is 4.79 Å². The fourth-order valence-electron chi connectivity index (χ4n) is 1.09. The molecule has 1 aromatic carbocycles. The monoisotopic (exact) mass is 285 g/mol. The van der Waals surface area contributed by atoms with Crippen LogP contribution in [0, 0.1) is 5.82 Å². The van der Waals surface area contributed by atoms with Gasteiger partial charge in [0, 0.05) is 29.7 Å². The van der Waals surface area contributed by atoms with Gasteiger partial charge in [-0.1, -0.05) is 15.9 Å². The minimum atomic E-state index is -0.341. The Morgan fingerprint density at radius 3 is 2.88 bits per heavy atom. The first-order valence-electron chi connectivity index (χ1n) is 4.92. The smallest absolute Gasteiger partial charge is 0.246 e. The molecule has 1 amide bonds. The van der Waals surface area contributed by atoms with E-state index in [1.165, 1.54) is 18.2 Å². The van der Waals surface area contributed by atoms with E-state index in [9.17, 15) is 9.18 Å². The molecule has 86 valence electrons. The van der Waals surface area contributed by atoms with Gasteiger partial charge in [0.15, 0.2) is 0 Å². The van der Waals surface area contributed by atoms with Crippen molar-refractivity contribution in [3.63, 3.8) is 0 Å². The second-order valence-electron chi connectivity index (χ2n) is 3.35. The molecule has 1 aromatic rings. The number of hydrogen-bond donors (Lipinski definition) is 0. The molecule has 0 aliphatic heterocycles. The molecular formula is C12H13BrFNO. The zero-order valence-corrected chi connectivity index (χ0v) is 10.8. The highest BCUT2D eigenvalue weighted by atomic mass is 79.9. The Hall–Kier alpha value is -1.16. The summed E-state index contributed by atoms with van der Waals surface area (Å²) in [5.74, 6) is -0.478. The lowest BCUT2D eigenvalue weighted by Gasteiger charge is -2.10. The van der Waals surface area contributed by atoms with Crippen molar-refractivity contribution >= 4 is 27.9 Å². The van der Waals surface area contributed by atoms with Crippen LogP contribution in [0.1, 0.15) is 12.5 Å². The van der Waals surface area contributed by atoms with Gasteiger partial charge in [0.05, 0.1) is 0 Å². The molecule has 0 saturated heterocycles. The summed E-state index contributed by atoms with van der Waals surface area (Å²) in [7, 11) is 1.70. The number of benzene rings is 1. The average Bonchev–Trinajstić information content (AvgIpc) is 2.28. The number of halogens is 2. The Balaban J connectivity index is 2.84. The standard InChI is InChI=1S/C12H13BrFNO/c1-3-15(2)12(16)7-4-9-8-10(13)5-6-11(9)14/h4-8H,3H2,1-2H3/b7-4+. The van der Waals surface area contributed by atoms with E-state index < -0.39 is 0 Å². The minimum Gasteiger partial charge on any atom is -0.343 e. The van der Waals surface area contributed by atoms with Crippen LogP contribution in [0.3, 0.4) is 0 Å². The summed E-state index contributed by atoms with van der Waals surface area (Å²) in [4.78, 5) is 13.0. The number of nitrogens with zero attached hydrogens (tertiary/aromatic N) is 1. The molecule has 0 N–H and O–H groups in total. The fourth-order valence-corrected chi connectivity index (χ4v) is 1.47. The van der Waals surface area contributed by atoms with E-state index in [2.05, 4.69) is 15.9 Å². The van der Waals surface area contributed by atoms with Crippen molar-refractivity contribution in [2.45, 2.75) is 6.92 Å². The van der Waals surface area contributed by atoms with Gasteiger partial charge in [0.1, 0.15) is 5.82 Å². The Morgan fingerprint density at radius 2 is 2.25 bits per heavy atom. The van der Waals surface area contributed by atoms with Crippen LogP contribution in [0.4, 0.5) is 4.39 Å². The zero-order chi connectivity index (χ0) is 12.1. The molecule has 1 rings (SSSR count). The number of likely N-dealkylation sites (N-methyl/N-ethyl adjacent to an activating group) is 1. The normalized spacial score (nSPS) is 10.8. The lowest BCUT2D eigenvalue weighted by molar-refractivity contribution is -0.124. The van der Waals surface area contributed by atoms with Crippen LogP contribution in [0.5, 0.6) is 0 Å². The molecule has 0 saturated carbocycles. The lowest BCUT2D eigenvalue weighted by atomic mass is 10.2. The minimum absolute atomic E-state index is 0.137. The molecule has 0 bridgehead atoms. The zero-order valence-electron chi connectivity index (χ0n) is 9.21. The van der Waals surface area contributed by atoms with Crippen molar-refractivity contribution in [3.8, 4) is 0 Å². The van der Waals surface area contributed by atoms with E-state index in [1.807, 2.05) is 6.92 Å². The molecule has 0 aromatic heterocycles. The van der Waals surface area contributed by atoms with Crippen LogP contribution in [0.25, 0.3) is 6.08 Å². The van der Waals surface area contributed by atoms with Crippen LogP contribution in [0.15, 0.2) is 28.7 Å². The summed E-state index contributed by atoms with van der Waals surface area (Å²) in [5, 5.41) is 0. The van der Waals surface area contributed by atoms with E-state index in [1.54, 1.807) is 24.1 Å². The number of carbonyl (C=O) groups is 1. The number of hydrogen-bond acceptors (Lipinski definition) is 1. The van der Waals surface area contributed by atoms with Gasteiger partial charge < -0.3 is 4.90 Å². The highest BCUT2D eigenvalue weighted by Gasteiger charge is 2.03. The summed E-state index contributed by atoms with van der Waals surface area (Å²) in [6, 6.07) is 4.61. The molecule has 4 heteroatoms. The highest BCUT2D eigenvalue weighted by molar-refractivity contribution is 9.10. The summed E-state index contributed by atoms with van der Waals surface area (Å²) >= 11 is 3.25. The molecule has 0 spiro atoms. The van der Waals surface area contributed by atoms with Gasteiger partial charge in [-0.3, -0.25) is 4.79 Å². The van der Waals surface area contributed by atoms with Gasteiger partial charge >= 0.3 is 0 Å². The van der Waals surface area contributed by atoms with Crippen LogP contribution in [0.2, 0.25) is 0 Å². The van der Waals surface area contributed by atoms with Gasteiger partial charge in [-0.25, -0.2) is 4.39 Å². The quantitative estimate of drug-likeness (QED) is 0.782. The first-order valence-corrected chi connectivity index (χ1v) is 5.72. The fraction of sp³-hybridized carbons (Fsp3) is 0.250. The number of rotatable bonds is 3. The average molecular weight is 286 g/mol. The van der Waals surface area contributed by atoms with E-state index in [4.69, 9.17) is 0 Å². The maximum absolute atomic E-state index is 13.3. The molecule has 2 nitrogen and oxygen atoms in total. The summed E-state index contributed by atoms with van der Waals surface area (Å²) in [6.45, 7) is 2.51. The van der Waals surface area contributed by atoms with Gasteiger partial charge in [-0.2, -0.15) is 0 Å². The predicted molar refractivity (Wildman–Crippen MR) is 66.4 cm³/mol. The first-order chi connectivity index (χ1) is 7.54. The largest absolute Gasteiger partial charge is 0.343 e. The molecule has 0 heterocycles. The third-order valence-electron chi connectivity index (χ3n) is 2.21. The van der Waals surface area contributed by atoms with E-state index in [-0.39, 0.29) is 11.7 Å². The summed E-state index contributed by atoms with van der Waals surface area (Å²) in [5.41, 5.74) is 0.396. The summed E-state index contributed by atoms with van der Waals surface area (Å²) < 4.78 is 14.1. The van der Waals surface area contributed by atoms with E-state index >= 15 is 0 Å². The lowest BCUT2D eigenvalue weighted by Crippen LogP contribution is -2.23. The molecule has 0 radical (unpaired) electrons. The molecule has 0 atom stereocenters. The number of amides is 1. The van der Waals surface area contributed by atoms with Gasteiger partial charge in [0.25, 0.3) is 0 Å². The molecule has 0 unspecified atom stereocenters. The maximum atomic E-state index is 13.3. The van der Waals surface area contributed by atoms with Crippen LogP contribution in [-0.4, -0.2) is 24.4 Å². The Kier molecular flexibility index (Phi) is 4.68. The second kappa shape index (κ2) is 5.80. The van der Waals surface area contributed by atoms with Crippen LogP contribution < -0.4 is 0 Å². The van der Waals surface area contributed by atoms with Crippen molar-refractivity contribution in [2.75, 3.05) is 13.6 Å². The Labute approximate surface area is 103 Å². The Bertz CT molecular complexity index is 417. The van der Waals surface area contributed by atoms with Crippen molar-refractivity contribution in [1.82, 2.24) is 4.90 Å². The van der Waals surface area contributed by atoms with Crippen molar-refractivity contribution in [3.05, 3.63) is 40.1 Å². The first kappa shape index (κ1) is 12.9. The molecule has 0 fully saturated rings. The molecule has 16 heavy (non-hydrogen) atoms. The van der Waals surface area contributed by atoms with Crippen molar-refractivity contribution in [1.29, 1.82) is 0 Å². The molecule has 0 aliphatic rings. The topological polar surface area (TPSA) is 20.3 Å². The third-order valence-corrected chi connectivity index (χ3v) is 2.71. The van der Waals surface area contributed by atoms with E-state index in [0.717, 1.165) is 4.47 Å². The third kappa shape index (κ3) is 3.45. The summed E-state index contributed by atoms with van der Waals surface area (Å²) in [6.07, 6.45) is 2.85. The second-order valence-corrected chi connectivity index (χ2v) is 4.27. The van der Waals surface area contributed by atoms with Crippen molar-refractivity contribution < 1.29 is 9.18 Å². The molecule has 0 aliphatic carbocycles. The Morgan fingerprint density at radius 1 is 1.56 bits per heavy atom. The predicted octanol–water partition coefficient (Wildman–Crippen LogP) is 3.08. The van der Waals surface area contributed by atoms with Gasteiger partial charge in [0.2, 0.25) is 5.91 Å². The van der Waals surface area contributed by atoms with Gasteiger partial charge in [-0.05, 0) is 31.2 Å². The van der Waals surface area contributed by atoms with E-state index in [0.29, 0.717) is 12.1 Å². The highest BCUT2D eigenvalue weighted by Crippen LogP contribution is 2.16. The SMILES string of the molecule is CCN(C)C(=O)/C=C/c1cc(Br)ccc1F. The van der Waals surface area contributed by atoms with Crippen LogP contribution >= 0.6 is 15.9 Å². The number of carbonyl (C=O) groups excluding carboxylic acids is 1. The molecular weight excluding hydrogens is 273 g/mol. The van der Waals surface area contributed by atoms with Crippen molar-refractivity contribution in [2.24, 2.45) is 0 Å². The van der Waals surface area contributed by atoms with Gasteiger partial charge in [-0.15, -0.1) is 0 Å². The maximum Gasteiger partial charge on any atom is 0.246 e.